The molecule has 0 saturated carbocycles. The van der Waals surface area contributed by atoms with Gasteiger partial charge in [0.2, 0.25) is 5.91 Å². The van der Waals surface area contributed by atoms with Crippen molar-refractivity contribution in [3.8, 4) is 11.1 Å². The van der Waals surface area contributed by atoms with Crippen LogP contribution >= 0.6 is 11.6 Å². The lowest BCUT2D eigenvalue weighted by atomic mass is 9.93. The summed E-state index contributed by atoms with van der Waals surface area (Å²) in [5.74, 6) is -0.883. The number of ether oxygens (including phenoxy) is 1. The number of alkyl halides is 1. The third kappa shape index (κ3) is 6.25. The Labute approximate surface area is 228 Å². The maximum Gasteiger partial charge on any atom is 0.407 e. The molecule has 198 valence electrons. The second-order valence-corrected chi connectivity index (χ2v) is 10.4. The van der Waals surface area contributed by atoms with E-state index < -0.39 is 18.1 Å². The second-order valence-electron chi connectivity index (χ2n) is 10.1. The first kappa shape index (κ1) is 27.4. The zero-order valence-electron chi connectivity index (χ0n) is 21.9. The molecule has 38 heavy (non-hydrogen) atoms. The number of hydrogen-bond acceptors (Lipinski definition) is 4. The number of fused-ring (bicyclic) bond motifs is 3. The molecule has 0 unspecified atom stereocenters. The van der Waals surface area contributed by atoms with E-state index >= 15 is 0 Å². The van der Waals surface area contributed by atoms with Crippen molar-refractivity contribution in [2.45, 2.75) is 45.0 Å². The van der Waals surface area contributed by atoms with Gasteiger partial charge in [-0.3, -0.25) is 9.59 Å². The van der Waals surface area contributed by atoms with Crippen molar-refractivity contribution < 1.29 is 19.1 Å². The molecule has 0 aliphatic heterocycles. The molecule has 6 nitrogen and oxygen atoms in total. The van der Waals surface area contributed by atoms with Crippen molar-refractivity contribution >= 4 is 35.1 Å². The molecule has 1 aliphatic rings. The van der Waals surface area contributed by atoms with Crippen LogP contribution in [0.4, 0.5) is 10.5 Å². The Morgan fingerprint density at radius 2 is 1.45 bits per heavy atom. The molecule has 2 atom stereocenters. The van der Waals surface area contributed by atoms with E-state index in [1.165, 1.54) is 0 Å². The van der Waals surface area contributed by atoms with Crippen LogP contribution in [-0.4, -0.2) is 30.4 Å². The summed E-state index contributed by atoms with van der Waals surface area (Å²) in [7, 11) is 0. The van der Waals surface area contributed by atoms with E-state index in [1.54, 1.807) is 19.1 Å². The van der Waals surface area contributed by atoms with E-state index in [0.717, 1.165) is 27.8 Å². The normalized spacial score (nSPS) is 13.8. The van der Waals surface area contributed by atoms with Crippen LogP contribution in [-0.2, 0) is 20.2 Å². The Morgan fingerprint density at radius 1 is 0.868 bits per heavy atom. The van der Waals surface area contributed by atoms with Gasteiger partial charge in [-0.1, -0.05) is 81.4 Å². The molecular formula is C31H33ClN2O4. The summed E-state index contributed by atoms with van der Waals surface area (Å²) in [6.45, 7) is 5.58. The summed E-state index contributed by atoms with van der Waals surface area (Å²) in [5, 5.41) is 5.57. The predicted octanol–water partition coefficient (Wildman–Crippen LogP) is 6.52. The molecule has 0 radical (unpaired) electrons. The summed E-state index contributed by atoms with van der Waals surface area (Å²) in [4.78, 5) is 38.5. The summed E-state index contributed by atoms with van der Waals surface area (Å²) in [6, 6.07) is 22.7. The van der Waals surface area contributed by atoms with Crippen LogP contribution in [0.15, 0.2) is 72.8 Å². The van der Waals surface area contributed by atoms with Gasteiger partial charge < -0.3 is 15.4 Å². The number of hydrogen-bond donors (Lipinski definition) is 2. The SMILES string of the molecule is CC(C)[C@H](NC(=O)OCC1c2ccccc2-c2ccccc21)C(=O)C[C@@H](C)C(=O)Nc1ccc(CCl)cc1. The number of carbonyl (C=O) groups is 3. The zero-order valence-corrected chi connectivity index (χ0v) is 22.6. The van der Waals surface area contributed by atoms with Crippen LogP contribution in [0.3, 0.4) is 0 Å². The summed E-state index contributed by atoms with van der Waals surface area (Å²) in [5.41, 5.74) is 6.13. The Bertz CT molecular complexity index is 1260. The van der Waals surface area contributed by atoms with E-state index in [-0.39, 0.29) is 36.6 Å². The summed E-state index contributed by atoms with van der Waals surface area (Å²) < 4.78 is 5.63. The van der Waals surface area contributed by atoms with Crippen LogP contribution in [0, 0.1) is 11.8 Å². The maximum absolute atomic E-state index is 13.1. The van der Waals surface area contributed by atoms with Gasteiger partial charge in [-0.05, 0) is 45.9 Å². The fourth-order valence-corrected chi connectivity index (χ4v) is 5.03. The lowest BCUT2D eigenvalue weighted by Crippen LogP contribution is -2.45. The molecule has 0 fully saturated rings. The second kappa shape index (κ2) is 12.3. The first-order chi connectivity index (χ1) is 18.3. The van der Waals surface area contributed by atoms with E-state index in [9.17, 15) is 14.4 Å². The number of carbonyl (C=O) groups excluding carboxylic acids is 3. The van der Waals surface area contributed by atoms with Gasteiger partial charge in [0.05, 0.1) is 6.04 Å². The van der Waals surface area contributed by atoms with Gasteiger partial charge >= 0.3 is 6.09 Å². The fraction of sp³-hybridized carbons (Fsp3) is 0.323. The molecule has 0 heterocycles. The molecule has 2 N–H and O–H groups in total. The number of rotatable bonds is 10. The lowest BCUT2D eigenvalue weighted by Gasteiger charge is -2.23. The Balaban J connectivity index is 1.33. The van der Waals surface area contributed by atoms with Crippen molar-refractivity contribution in [2.75, 3.05) is 11.9 Å². The van der Waals surface area contributed by atoms with Crippen LogP contribution < -0.4 is 10.6 Å². The third-order valence-electron chi connectivity index (χ3n) is 6.96. The van der Waals surface area contributed by atoms with Gasteiger partial charge in [-0.25, -0.2) is 4.79 Å². The van der Waals surface area contributed by atoms with Crippen molar-refractivity contribution in [3.05, 3.63) is 89.5 Å². The number of ketones is 1. The monoisotopic (exact) mass is 532 g/mol. The number of alkyl carbamates (subject to hydrolysis) is 1. The Morgan fingerprint density at radius 3 is 2.00 bits per heavy atom. The van der Waals surface area contributed by atoms with Crippen molar-refractivity contribution in [1.29, 1.82) is 0 Å². The van der Waals surface area contributed by atoms with Gasteiger partial charge in [0, 0.05) is 29.8 Å². The highest BCUT2D eigenvalue weighted by atomic mass is 35.5. The smallest absolute Gasteiger partial charge is 0.407 e. The minimum atomic E-state index is -0.760. The highest BCUT2D eigenvalue weighted by Gasteiger charge is 2.31. The lowest BCUT2D eigenvalue weighted by molar-refractivity contribution is -0.127. The molecule has 0 spiro atoms. The molecule has 2 amide bonds. The number of halogens is 1. The fourth-order valence-electron chi connectivity index (χ4n) is 4.85. The topological polar surface area (TPSA) is 84.5 Å². The Kier molecular flexibility index (Phi) is 8.85. The average molecular weight is 533 g/mol. The van der Waals surface area contributed by atoms with Crippen molar-refractivity contribution in [1.82, 2.24) is 5.32 Å². The number of anilines is 1. The first-order valence-electron chi connectivity index (χ1n) is 12.9. The van der Waals surface area contributed by atoms with Gasteiger partial charge in [-0.15, -0.1) is 11.6 Å². The number of amides is 2. The number of benzene rings is 3. The molecule has 0 bridgehead atoms. The van der Waals surface area contributed by atoms with Gasteiger partial charge in [0.15, 0.2) is 5.78 Å². The standard InChI is InChI=1S/C31H33ClN2O4/c1-19(2)29(28(35)16-20(3)30(36)33-22-14-12-21(17-32)13-15-22)34-31(37)38-18-27-25-10-6-4-8-23(25)24-9-5-7-11-26(24)27/h4-15,19-20,27,29H,16-18H2,1-3H3,(H,33,36)(H,34,37)/t20-,29+/m1/s1. The molecule has 4 rings (SSSR count). The molecule has 3 aromatic rings. The largest absolute Gasteiger partial charge is 0.449 e. The van der Waals surface area contributed by atoms with E-state index in [0.29, 0.717) is 11.6 Å². The van der Waals surface area contributed by atoms with Gasteiger partial charge in [-0.2, -0.15) is 0 Å². The van der Waals surface area contributed by atoms with Crippen LogP contribution in [0.5, 0.6) is 0 Å². The highest BCUT2D eigenvalue weighted by Crippen LogP contribution is 2.44. The maximum atomic E-state index is 13.1. The van der Waals surface area contributed by atoms with Gasteiger partial charge in [0.25, 0.3) is 0 Å². The Hall–Kier alpha value is -3.64. The predicted molar refractivity (Wildman–Crippen MR) is 150 cm³/mol. The minimum absolute atomic E-state index is 0.00189. The molecule has 3 aromatic carbocycles. The molecule has 1 aliphatic carbocycles. The van der Waals surface area contributed by atoms with Crippen LogP contribution in [0.1, 0.15) is 49.8 Å². The van der Waals surface area contributed by atoms with Crippen molar-refractivity contribution in [3.63, 3.8) is 0 Å². The van der Waals surface area contributed by atoms with Crippen LogP contribution in [0.2, 0.25) is 0 Å². The molecule has 7 heteroatoms. The van der Waals surface area contributed by atoms with Crippen LogP contribution in [0.25, 0.3) is 11.1 Å². The quantitative estimate of drug-likeness (QED) is 0.291. The molecule has 0 saturated heterocycles. The highest BCUT2D eigenvalue weighted by molar-refractivity contribution is 6.17. The summed E-state index contributed by atoms with van der Waals surface area (Å²) >= 11 is 5.81. The minimum Gasteiger partial charge on any atom is -0.449 e. The first-order valence-corrected chi connectivity index (χ1v) is 13.4. The van der Waals surface area contributed by atoms with E-state index in [2.05, 4.69) is 34.9 Å². The summed E-state index contributed by atoms with van der Waals surface area (Å²) in [6.07, 6.45) is -0.645. The van der Waals surface area contributed by atoms with E-state index in [1.807, 2.05) is 50.2 Å². The van der Waals surface area contributed by atoms with E-state index in [4.69, 9.17) is 16.3 Å². The van der Waals surface area contributed by atoms with Gasteiger partial charge in [0.1, 0.15) is 6.61 Å². The van der Waals surface area contributed by atoms with Crippen molar-refractivity contribution in [2.24, 2.45) is 11.8 Å². The zero-order chi connectivity index (χ0) is 27.2. The molecular weight excluding hydrogens is 500 g/mol. The number of Topliss-reactive ketones (excluding diaryl/α,β-unsaturated/α-hetero) is 1. The number of nitrogens with one attached hydrogen (secondary N) is 2. The molecule has 0 aromatic heterocycles. The average Bonchev–Trinajstić information content (AvgIpc) is 3.24. The third-order valence-corrected chi connectivity index (χ3v) is 7.27.